The maximum absolute atomic E-state index is 11.0. The highest BCUT2D eigenvalue weighted by molar-refractivity contribution is 6.31. The van der Waals surface area contributed by atoms with Crippen molar-refractivity contribution in [1.82, 2.24) is 5.32 Å². The first-order valence-electron chi connectivity index (χ1n) is 5.22. The Labute approximate surface area is 113 Å². The molecule has 0 aliphatic rings. The van der Waals surface area contributed by atoms with Crippen molar-refractivity contribution in [2.24, 2.45) is 5.92 Å². The highest BCUT2D eigenvalue weighted by atomic mass is 35.5. The van der Waals surface area contributed by atoms with Crippen LogP contribution in [0.1, 0.15) is 19.4 Å². The van der Waals surface area contributed by atoms with Crippen LogP contribution in [0.25, 0.3) is 0 Å². The van der Waals surface area contributed by atoms with Crippen molar-refractivity contribution < 1.29 is 9.90 Å². The topological polar surface area (TPSA) is 49.3 Å². The quantitative estimate of drug-likeness (QED) is 0.870. The molecule has 0 aliphatic heterocycles. The molecule has 17 heavy (non-hydrogen) atoms. The largest absolute Gasteiger partial charge is 0.480 e. The molecule has 0 aromatic heterocycles. The Bertz CT molecular complexity index is 369. The molecule has 5 heteroatoms. The van der Waals surface area contributed by atoms with Crippen molar-refractivity contribution in [1.29, 1.82) is 0 Å². The lowest BCUT2D eigenvalue weighted by Crippen LogP contribution is -2.40. The van der Waals surface area contributed by atoms with E-state index < -0.39 is 12.0 Å². The number of nitrogens with one attached hydrogen (secondary N) is 1. The summed E-state index contributed by atoms with van der Waals surface area (Å²) >= 11 is 5.98. The minimum atomic E-state index is -0.831. The molecule has 0 heterocycles. The molecule has 0 fully saturated rings. The van der Waals surface area contributed by atoms with E-state index in [1.54, 1.807) is 6.07 Å². The van der Waals surface area contributed by atoms with Gasteiger partial charge in [-0.1, -0.05) is 43.6 Å². The summed E-state index contributed by atoms with van der Waals surface area (Å²) in [6, 6.07) is 6.87. The molecular formula is C12H17Cl2NO2. The highest BCUT2D eigenvalue weighted by Crippen LogP contribution is 2.15. The molecule has 0 amide bonds. The molecular weight excluding hydrogens is 261 g/mol. The van der Waals surface area contributed by atoms with Crippen LogP contribution in [0.15, 0.2) is 24.3 Å². The average Bonchev–Trinajstić information content (AvgIpc) is 2.20. The summed E-state index contributed by atoms with van der Waals surface area (Å²) in [5, 5.41) is 12.6. The maximum Gasteiger partial charge on any atom is 0.320 e. The van der Waals surface area contributed by atoms with Crippen LogP contribution in [0.2, 0.25) is 5.02 Å². The van der Waals surface area contributed by atoms with Gasteiger partial charge in [-0.05, 0) is 17.5 Å². The number of aliphatic carboxylic acids is 1. The minimum Gasteiger partial charge on any atom is -0.480 e. The van der Waals surface area contributed by atoms with Crippen LogP contribution < -0.4 is 5.32 Å². The first-order chi connectivity index (χ1) is 7.52. The van der Waals surface area contributed by atoms with Gasteiger partial charge in [0, 0.05) is 11.6 Å². The van der Waals surface area contributed by atoms with Gasteiger partial charge in [-0.25, -0.2) is 0 Å². The van der Waals surface area contributed by atoms with Crippen molar-refractivity contribution in [3.05, 3.63) is 34.9 Å². The summed E-state index contributed by atoms with van der Waals surface area (Å²) in [5.74, 6) is -0.790. The molecule has 96 valence electrons. The number of carbonyl (C=O) groups is 1. The van der Waals surface area contributed by atoms with Crippen LogP contribution in [0.5, 0.6) is 0 Å². The zero-order chi connectivity index (χ0) is 12.1. The van der Waals surface area contributed by atoms with Crippen molar-refractivity contribution in [3.63, 3.8) is 0 Å². The molecule has 1 rings (SSSR count). The number of halogens is 2. The van der Waals surface area contributed by atoms with Gasteiger partial charge in [-0.15, -0.1) is 12.4 Å². The second kappa shape index (κ2) is 7.54. The number of carboxylic acid groups (broad SMARTS) is 1. The van der Waals surface area contributed by atoms with E-state index in [2.05, 4.69) is 5.32 Å². The highest BCUT2D eigenvalue weighted by Gasteiger charge is 2.20. The SMILES string of the molecule is CC(C)C(NCc1ccccc1Cl)C(=O)O.Cl. The Hall–Kier alpha value is -0.770. The Morgan fingerprint density at radius 3 is 2.47 bits per heavy atom. The van der Waals surface area contributed by atoms with Crippen LogP contribution >= 0.6 is 24.0 Å². The monoisotopic (exact) mass is 277 g/mol. The van der Waals surface area contributed by atoms with Crippen molar-refractivity contribution in [2.75, 3.05) is 0 Å². The van der Waals surface area contributed by atoms with E-state index in [0.717, 1.165) is 5.56 Å². The van der Waals surface area contributed by atoms with Crippen molar-refractivity contribution in [2.45, 2.75) is 26.4 Å². The minimum absolute atomic E-state index is 0. The third kappa shape index (κ3) is 4.94. The molecule has 1 aromatic carbocycles. The second-order valence-electron chi connectivity index (χ2n) is 4.03. The molecule has 2 N–H and O–H groups in total. The van der Waals surface area contributed by atoms with Crippen LogP contribution in [0.3, 0.4) is 0 Å². The predicted molar refractivity (Wildman–Crippen MR) is 71.8 cm³/mol. The maximum atomic E-state index is 11.0. The molecule has 0 bridgehead atoms. The van der Waals surface area contributed by atoms with Crippen molar-refractivity contribution in [3.8, 4) is 0 Å². The number of rotatable bonds is 5. The first-order valence-corrected chi connectivity index (χ1v) is 5.59. The van der Waals surface area contributed by atoms with Gasteiger partial charge in [0.2, 0.25) is 0 Å². The van der Waals surface area contributed by atoms with Crippen LogP contribution in [-0.2, 0) is 11.3 Å². The summed E-state index contributed by atoms with van der Waals surface area (Å²) in [6.45, 7) is 4.21. The molecule has 1 aromatic rings. The van der Waals surface area contributed by atoms with E-state index in [0.29, 0.717) is 11.6 Å². The fourth-order valence-corrected chi connectivity index (χ4v) is 1.67. The average molecular weight is 278 g/mol. The normalized spacial score (nSPS) is 12.0. The van der Waals surface area contributed by atoms with Gasteiger partial charge in [-0.2, -0.15) is 0 Å². The molecule has 3 nitrogen and oxygen atoms in total. The fraction of sp³-hybridized carbons (Fsp3) is 0.417. The predicted octanol–water partition coefficient (Wildman–Crippen LogP) is 2.96. The molecule has 0 aliphatic carbocycles. The number of hydrogen-bond donors (Lipinski definition) is 2. The van der Waals surface area contributed by atoms with E-state index in [4.69, 9.17) is 16.7 Å². The van der Waals surface area contributed by atoms with E-state index in [9.17, 15) is 4.79 Å². The van der Waals surface area contributed by atoms with Crippen LogP contribution in [0.4, 0.5) is 0 Å². The van der Waals surface area contributed by atoms with Gasteiger partial charge in [0.15, 0.2) is 0 Å². The smallest absolute Gasteiger partial charge is 0.320 e. The Morgan fingerprint density at radius 2 is 2.00 bits per heavy atom. The van der Waals surface area contributed by atoms with Gasteiger partial charge in [-0.3, -0.25) is 4.79 Å². The number of benzene rings is 1. The van der Waals surface area contributed by atoms with Gasteiger partial charge in [0.1, 0.15) is 6.04 Å². The molecule has 0 saturated heterocycles. The summed E-state index contributed by atoms with van der Waals surface area (Å²) in [4.78, 5) is 11.0. The second-order valence-corrected chi connectivity index (χ2v) is 4.44. The Balaban J connectivity index is 0.00000256. The third-order valence-electron chi connectivity index (χ3n) is 2.40. The lowest BCUT2D eigenvalue weighted by molar-refractivity contribution is -0.140. The third-order valence-corrected chi connectivity index (χ3v) is 2.77. The lowest BCUT2D eigenvalue weighted by atomic mass is 10.0. The summed E-state index contributed by atoms with van der Waals surface area (Å²) in [6.07, 6.45) is 0. The number of hydrogen-bond acceptors (Lipinski definition) is 2. The molecule has 1 unspecified atom stereocenters. The molecule has 0 spiro atoms. The summed E-state index contributed by atoms with van der Waals surface area (Å²) in [5.41, 5.74) is 0.913. The van der Waals surface area contributed by atoms with E-state index in [1.165, 1.54) is 0 Å². The molecule has 0 radical (unpaired) electrons. The van der Waals surface area contributed by atoms with Crippen LogP contribution in [0, 0.1) is 5.92 Å². The molecule has 0 saturated carbocycles. The zero-order valence-corrected chi connectivity index (χ0v) is 11.4. The van der Waals surface area contributed by atoms with Crippen LogP contribution in [-0.4, -0.2) is 17.1 Å². The van der Waals surface area contributed by atoms with Gasteiger partial charge < -0.3 is 10.4 Å². The Kier molecular flexibility index (Phi) is 7.19. The zero-order valence-electron chi connectivity index (χ0n) is 9.81. The molecule has 1 atom stereocenters. The standard InChI is InChI=1S/C12H16ClNO2.ClH/c1-8(2)11(12(15)16)14-7-9-5-3-4-6-10(9)13;/h3-6,8,11,14H,7H2,1-2H3,(H,15,16);1H. The van der Waals surface area contributed by atoms with E-state index in [-0.39, 0.29) is 18.3 Å². The van der Waals surface area contributed by atoms with E-state index >= 15 is 0 Å². The summed E-state index contributed by atoms with van der Waals surface area (Å²) < 4.78 is 0. The summed E-state index contributed by atoms with van der Waals surface area (Å²) in [7, 11) is 0. The van der Waals surface area contributed by atoms with E-state index in [1.807, 2.05) is 32.0 Å². The lowest BCUT2D eigenvalue weighted by Gasteiger charge is -2.18. The fourth-order valence-electron chi connectivity index (χ4n) is 1.47. The van der Waals surface area contributed by atoms with Gasteiger partial charge in [0.05, 0.1) is 0 Å². The van der Waals surface area contributed by atoms with Crippen molar-refractivity contribution >= 4 is 30.0 Å². The van der Waals surface area contributed by atoms with Gasteiger partial charge in [0.25, 0.3) is 0 Å². The number of carboxylic acids is 1. The Morgan fingerprint density at radius 1 is 1.41 bits per heavy atom. The first kappa shape index (κ1) is 16.2. The van der Waals surface area contributed by atoms with Gasteiger partial charge >= 0.3 is 5.97 Å².